The SMILES string of the molecule is c1cc(-c2ccc(N(c3ccccc3-c3cccc4c3oc3ccccc34)c3ccccc3-n3c4ccccc4c4ccccc43)cc2)cc(-c2cccc3ccccc23)c1. The molecule has 286 valence electrons. The lowest BCUT2D eigenvalue weighted by Crippen LogP contribution is -2.14. The van der Waals surface area contributed by atoms with Gasteiger partial charge in [-0.25, -0.2) is 0 Å². The molecular weight excluding hydrogens is 741 g/mol. The van der Waals surface area contributed by atoms with Crippen molar-refractivity contribution in [1.82, 2.24) is 4.57 Å². The van der Waals surface area contributed by atoms with Gasteiger partial charge in [0.25, 0.3) is 0 Å². The summed E-state index contributed by atoms with van der Waals surface area (Å²) in [6.07, 6.45) is 0. The van der Waals surface area contributed by atoms with Crippen LogP contribution in [0.5, 0.6) is 0 Å². The largest absolute Gasteiger partial charge is 0.455 e. The van der Waals surface area contributed by atoms with Gasteiger partial charge in [0.1, 0.15) is 11.2 Å². The molecule has 0 saturated heterocycles. The van der Waals surface area contributed by atoms with Gasteiger partial charge >= 0.3 is 0 Å². The lowest BCUT2D eigenvalue weighted by atomic mass is 9.95. The van der Waals surface area contributed by atoms with Gasteiger partial charge in [0.05, 0.1) is 28.1 Å². The van der Waals surface area contributed by atoms with E-state index in [1.165, 1.54) is 38.2 Å². The first-order valence-corrected chi connectivity index (χ1v) is 20.8. The molecule has 0 spiro atoms. The summed E-state index contributed by atoms with van der Waals surface area (Å²) >= 11 is 0. The van der Waals surface area contributed by atoms with Crippen LogP contribution in [0.4, 0.5) is 17.1 Å². The summed E-state index contributed by atoms with van der Waals surface area (Å²) in [6, 6.07) is 82.9. The van der Waals surface area contributed by atoms with Crippen LogP contribution in [0.3, 0.4) is 0 Å². The minimum atomic E-state index is 0.883. The molecule has 0 fully saturated rings. The molecule has 0 radical (unpaired) electrons. The van der Waals surface area contributed by atoms with Crippen molar-refractivity contribution < 1.29 is 4.42 Å². The Kier molecular flexibility index (Phi) is 8.17. The molecule has 12 aromatic rings. The molecule has 0 amide bonds. The first-order valence-electron chi connectivity index (χ1n) is 20.8. The standard InChI is InChI=1S/C58H38N2O/c1-2-20-44-40(16-1)17-14-25-45(44)42-19-13-18-41(38-42)39-34-36-43(37-35-39)59(52-28-7-5-23-48(52)50-26-15-27-51-49-24-6-12-33-57(49)61-58(50)51)55-31-10-11-32-56(55)60-53-29-8-3-21-46(53)47-22-4-9-30-54(47)60/h1-38H. The minimum Gasteiger partial charge on any atom is -0.455 e. The van der Waals surface area contributed by atoms with Crippen molar-refractivity contribution in [3.05, 3.63) is 231 Å². The van der Waals surface area contributed by atoms with Crippen molar-refractivity contribution >= 4 is 71.6 Å². The van der Waals surface area contributed by atoms with Gasteiger partial charge in [-0.1, -0.05) is 176 Å². The third kappa shape index (κ3) is 5.74. The quantitative estimate of drug-likeness (QED) is 0.161. The molecule has 0 aliphatic rings. The van der Waals surface area contributed by atoms with Crippen LogP contribution in [-0.4, -0.2) is 4.57 Å². The number of benzene rings is 10. The smallest absolute Gasteiger partial charge is 0.143 e. The average Bonchev–Trinajstić information content (AvgIpc) is 3.88. The van der Waals surface area contributed by atoms with Crippen LogP contribution in [0.2, 0.25) is 0 Å². The van der Waals surface area contributed by atoms with Crippen molar-refractivity contribution in [3.8, 4) is 39.1 Å². The van der Waals surface area contributed by atoms with Gasteiger partial charge in [0.2, 0.25) is 0 Å². The summed E-state index contributed by atoms with van der Waals surface area (Å²) in [5, 5.41) is 7.18. The van der Waals surface area contributed by atoms with E-state index in [-0.39, 0.29) is 0 Å². The average molecular weight is 779 g/mol. The van der Waals surface area contributed by atoms with Crippen molar-refractivity contribution in [2.45, 2.75) is 0 Å². The molecule has 0 unspecified atom stereocenters. The molecule has 0 atom stereocenters. The van der Waals surface area contributed by atoms with Crippen LogP contribution < -0.4 is 4.90 Å². The van der Waals surface area contributed by atoms with Gasteiger partial charge in [-0.15, -0.1) is 0 Å². The predicted molar refractivity (Wildman–Crippen MR) is 257 cm³/mol. The topological polar surface area (TPSA) is 21.3 Å². The summed E-state index contributed by atoms with van der Waals surface area (Å²) in [5.41, 5.74) is 15.2. The lowest BCUT2D eigenvalue weighted by Gasteiger charge is -2.30. The Hall–Kier alpha value is -8.14. The summed E-state index contributed by atoms with van der Waals surface area (Å²) in [4.78, 5) is 2.42. The molecule has 61 heavy (non-hydrogen) atoms. The minimum absolute atomic E-state index is 0.883. The fraction of sp³-hybridized carbons (Fsp3) is 0. The maximum absolute atomic E-state index is 6.67. The molecule has 0 bridgehead atoms. The number of para-hydroxylation sites is 7. The predicted octanol–water partition coefficient (Wildman–Crippen LogP) is 16.3. The summed E-state index contributed by atoms with van der Waals surface area (Å²) in [5.74, 6) is 0. The second-order valence-corrected chi connectivity index (χ2v) is 15.6. The van der Waals surface area contributed by atoms with Crippen molar-refractivity contribution in [2.75, 3.05) is 4.90 Å². The van der Waals surface area contributed by atoms with Crippen LogP contribution in [0, 0.1) is 0 Å². The van der Waals surface area contributed by atoms with Crippen molar-refractivity contribution in [1.29, 1.82) is 0 Å². The van der Waals surface area contributed by atoms with E-state index in [4.69, 9.17) is 4.42 Å². The Bertz CT molecular complexity index is 3550. The van der Waals surface area contributed by atoms with E-state index in [0.717, 1.165) is 72.4 Å². The number of hydrogen-bond acceptors (Lipinski definition) is 2. The molecule has 10 aromatic carbocycles. The fourth-order valence-corrected chi connectivity index (χ4v) is 9.43. The van der Waals surface area contributed by atoms with E-state index < -0.39 is 0 Å². The monoisotopic (exact) mass is 778 g/mol. The van der Waals surface area contributed by atoms with Gasteiger partial charge in [0.15, 0.2) is 0 Å². The van der Waals surface area contributed by atoms with E-state index in [2.05, 4.69) is 234 Å². The summed E-state index contributed by atoms with van der Waals surface area (Å²) in [7, 11) is 0. The van der Waals surface area contributed by atoms with Crippen LogP contribution in [0.15, 0.2) is 235 Å². The highest BCUT2D eigenvalue weighted by atomic mass is 16.3. The Morgan fingerprint density at radius 3 is 1.72 bits per heavy atom. The zero-order valence-corrected chi connectivity index (χ0v) is 33.2. The molecule has 0 aliphatic carbocycles. The Labute approximate surface area is 353 Å². The number of hydrogen-bond donors (Lipinski definition) is 0. The maximum atomic E-state index is 6.67. The van der Waals surface area contributed by atoms with Gasteiger partial charge < -0.3 is 13.9 Å². The molecule has 0 aliphatic heterocycles. The van der Waals surface area contributed by atoms with E-state index in [1.807, 2.05) is 6.07 Å². The van der Waals surface area contributed by atoms with E-state index in [1.54, 1.807) is 0 Å². The molecule has 12 rings (SSSR count). The van der Waals surface area contributed by atoms with Crippen molar-refractivity contribution in [2.24, 2.45) is 0 Å². The van der Waals surface area contributed by atoms with E-state index in [0.29, 0.717) is 0 Å². The normalized spacial score (nSPS) is 11.6. The third-order valence-electron chi connectivity index (χ3n) is 12.2. The zero-order chi connectivity index (χ0) is 40.3. The fourth-order valence-electron chi connectivity index (χ4n) is 9.43. The number of nitrogens with zero attached hydrogens (tertiary/aromatic N) is 2. The van der Waals surface area contributed by atoms with Crippen molar-refractivity contribution in [3.63, 3.8) is 0 Å². The first kappa shape index (κ1) is 34.9. The van der Waals surface area contributed by atoms with Gasteiger partial charge in [-0.2, -0.15) is 0 Å². The first-order chi connectivity index (χ1) is 30.3. The second kappa shape index (κ2) is 14.3. The van der Waals surface area contributed by atoms with E-state index in [9.17, 15) is 0 Å². The second-order valence-electron chi connectivity index (χ2n) is 15.6. The van der Waals surface area contributed by atoms with Gasteiger partial charge in [0, 0.05) is 38.4 Å². The van der Waals surface area contributed by atoms with Crippen LogP contribution in [-0.2, 0) is 0 Å². The molecule has 2 heterocycles. The molecule has 0 saturated carbocycles. The lowest BCUT2D eigenvalue weighted by molar-refractivity contribution is 0.670. The third-order valence-corrected chi connectivity index (χ3v) is 12.2. The Balaban J connectivity index is 1.06. The number of anilines is 3. The highest BCUT2D eigenvalue weighted by Crippen LogP contribution is 2.47. The van der Waals surface area contributed by atoms with Gasteiger partial charge in [-0.3, -0.25) is 0 Å². The highest BCUT2D eigenvalue weighted by Gasteiger charge is 2.24. The molecule has 2 aromatic heterocycles. The van der Waals surface area contributed by atoms with Crippen LogP contribution in [0.25, 0.3) is 93.6 Å². The van der Waals surface area contributed by atoms with Crippen LogP contribution >= 0.6 is 0 Å². The number of fused-ring (bicyclic) bond motifs is 7. The summed E-state index contributed by atoms with van der Waals surface area (Å²) < 4.78 is 9.09. The Morgan fingerprint density at radius 2 is 0.902 bits per heavy atom. The summed E-state index contributed by atoms with van der Waals surface area (Å²) in [6.45, 7) is 0. The van der Waals surface area contributed by atoms with E-state index >= 15 is 0 Å². The molecular formula is C58H38N2O. The molecule has 3 heteroatoms. The zero-order valence-electron chi connectivity index (χ0n) is 33.2. The number of aromatic nitrogens is 1. The molecule has 3 nitrogen and oxygen atoms in total. The highest BCUT2D eigenvalue weighted by molar-refractivity contribution is 6.12. The van der Waals surface area contributed by atoms with Crippen LogP contribution in [0.1, 0.15) is 0 Å². The Morgan fingerprint density at radius 1 is 0.344 bits per heavy atom. The maximum Gasteiger partial charge on any atom is 0.143 e. The van der Waals surface area contributed by atoms with Gasteiger partial charge in [-0.05, 0) is 87.6 Å². The number of rotatable bonds is 7. The molecule has 0 N–H and O–H groups in total. The number of furan rings is 1.